The first kappa shape index (κ1) is 25.9. The minimum atomic E-state index is -2.54. The van der Waals surface area contributed by atoms with Crippen molar-refractivity contribution in [3.63, 3.8) is 0 Å². The van der Waals surface area contributed by atoms with Gasteiger partial charge >= 0.3 is 0 Å². The van der Waals surface area contributed by atoms with Crippen molar-refractivity contribution in [2.75, 3.05) is 0 Å². The fourth-order valence-electron chi connectivity index (χ4n) is 7.26. The molecule has 0 atom stereocenters. The van der Waals surface area contributed by atoms with Gasteiger partial charge in [-0.15, -0.1) is 47.5 Å². The van der Waals surface area contributed by atoms with Crippen LogP contribution < -0.4 is 0 Å². The summed E-state index contributed by atoms with van der Waals surface area (Å²) in [6, 6.07) is 39.8. The molecule has 0 N–H and O–H groups in total. The van der Waals surface area contributed by atoms with E-state index in [1.54, 1.807) is 42.5 Å². The van der Waals surface area contributed by atoms with Gasteiger partial charge in [-0.2, -0.15) is 0 Å². The number of para-hydroxylation sites is 1. The van der Waals surface area contributed by atoms with Gasteiger partial charge in [0, 0.05) is 55.7 Å². The molecule has 3 heterocycles. The monoisotopic (exact) mass is 922 g/mol. The van der Waals surface area contributed by atoms with E-state index in [2.05, 4.69) is 35.9 Å². The van der Waals surface area contributed by atoms with E-state index < -0.39 is 33.3 Å². The molecule has 0 unspecified atom stereocenters. The van der Waals surface area contributed by atoms with Gasteiger partial charge in [-0.05, 0) is 114 Å². The molecule has 0 saturated heterocycles. The summed E-state index contributed by atoms with van der Waals surface area (Å²) < 4.78 is 111. The summed E-state index contributed by atoms with van der Waals surface area (Å²) in [5.74, 6) is -0.893. The molecule has 1 fully saturated rings. The standard InChI is InChI=1S/C33H32NO.C19H16N.Ir/c1-21-18-24(23-14-16-33(3,4)17-15-23)12-13-25(21)29-19-30(34-20-22(29)2)28-10-7-9-27-26-8-5-6-11-31(26)35-32(27)28;1-14-8-11-19(20-13-14)17-10-9-15(2)18(12-17)16-6-4-3-5-7-16;/h5-9,11-13,18-20,23H,14-17H2,1-4H3;3-9,11-13H,1-2H3;/q2*-1;/i1D3,2D3,23D;1D3,2D3;. The maximum atomic E-state index is 9.23. The molecule has 0 amide bonds. The summed E-state index contributed by atoms with van der Waals surface area (Å²) in [4.78, 5) is 8.72. The Morgan fingerprint density at radius 2 is 1.48 bits per heavy atom. The van der Waals surface area contributed by atoms with Crippen LogP contribution in [-0.4, -0.2) is 9.97 Å². The van der Waals surface area contributed by atoms with E-state index in [4.69, 9.17) is 20.9 Å². The van der Waals surface area contributed by atoms with Gasteiger partial charge in [-0.25, -0.2) is 0 Å². The summed E-state index contributed by atoms with van der Waals surface area (Å²) in [5.41, 5.74) is 6.51. The van der Waals surface area contributed by atoms with Gasteiger partial charge in [0.25, 0.3) is 0 Å². The Kier molecular flexibility index (Phi) is 7.64. The predicted molar refractivity (Wildman–Crippen MR) is 229 cm³/mol. The van der Waals surface area contributed by atoms with E-state index in [1.165, 1.54) is 24.5 Å². The zero-order valence-electron chi connectivity index (χ0n) is 44.1. The fourth-order valence-corrected chi connectivity index (χ4v) is 7.26. The first-order chi connectivity index (χ1) is 31.8. The van der Waals surface area contributed by atoms with Crippen molar-refractivity contribution in [3.05, 3.63) is 168 Å². The van der Waals surface area contributed by atoms with E-state index in [9.17, 15) is 1.37 Å². The summed E-state index contributed by atoms with van der Waals surface area (Å²) >= 11 is 0. The molecule has 3 aromatic heterocycles. The van der Waals surface area contributed by atoms with Crippen molar-refractivity contribution >= 4 is 21.9 Å². The van der Waals surface area contributed by atoms with Crippen molar-refractivity contribution in [1.29, 1.82) is 0 Å². The normalized spacial score (nSPS) is 18.8. The molecule has 4 heteroatoms. The number of aryl methyl sites for hydroxylation is 4. The fraction of sp³-hybridized carbons (Fsp3) is 0.231. The Bertz CT molecular complexity index is 3110. The van der Waals surface area contributed by atoms with Crippen LogP contribution in [0.5, 0.6) is 0 Å². The molecule has 0 aliphatic heterocycles. The topological polar surface area (TPSA) is 38.9 Å². The van der Waals surface area contributed by atoms with Crippen LogP contribution in [0.4, 0.5) is 0 Å². The number of benzene rings is 5. The molecule has 0 bridgehead atoms. The number of hydrogen-bond acceptors (Lipinski definition) is 3. The molecule has 0 spiro atoms. The van der Waals surface area contributed by atoms with E-state index in [0.717, 1.165) is 29.2 Å². The molecule has 1 aliphatic rings. The van der Waals surface area contributed by atoms with Gasteiger partial charge < -0.3 is 14.4 Å². The molecule has 56 heavy (non-hydrogen) atoms. The predicted octanol–water partition coefficient (Wildman–Crippen LogP) is 14.2. The molecule has 1 saturated carbocycles. The summed E-state index contributed by atoms with van der Waals surface area (Å²) in [6.07, 6.45) is 5.65. The first-order valence-corrected chi connectivity index (χ1v) is 18.4. The average molecular weight is 922 g/mol. The first-order valence-electron chi connectivity index (χ1n) is 24.9. The Labute approximate surface area is 363 Å². The molecule has 3 nitrogen and oxygen atoms in total. The zero-order chi connectivity index (χ0) is 49.0. The van der Waals surface area contributed by atoms with Crippen LogP contribution in [0.15, 0.2) is 132 Å². The van der Waals surface area contributed by atoms with Crippen LogP contribution in [0.1, 0.15) is 91.1 Å². The number of furan rings is 1. The van der Waals surface area contributed by atoms with E-state index in [-0.39, 0.29) is 53.3 Å². The third-order valence-electron chi connectivity index (χ3n) is 10.5. The minimum absolute atomic E-state index is 0. The van der Waals surface area contributed by atoms with E-state index >= 15 is 0 Å². The quantitative estimate of drug-likeness (QED) is 0.161. The minimum Gasteiger partial charge on any atom is -0.501 e. The van der Waals surface area contributed by atoms with Crippen molar-refractivity contribution < 1.29 is 42.3 Å². The SMILES string of the molecule is [2H]C([2H])([2H])c1ccc(-c2[c-]cc(C([2H])([2H])[2H])c(-c3ccccc3)c2)nc1.[2H]C([2H])([2H])c1cnc(-c2[c-]ccc3c2oc2ccccc23)cc1-c1ccc(C2([2H])CCC(C)(C)CC2)cc1C([2H])([2H])[2H].[Ir]. The molecule has 1 aliphatic carbocycles. The average Bonchev–Trinajstić information content (AvgIpc) is 3.68. The van der Waals surface area contributed by atoms with Crippen LogP contribution in [0.2, 0.25) is 0 Å². The Balaban J connectivity index is 0.000000224. The van der Waals surface area contributed by atoms with Crippen LogP contribution in [0, 0.1) is 45.0 Å². The van der Waals surface area contributed by atoms with E-state index in [1.807, 2.05) is 60.7 Å². The number of pyridine rings is 2. The van der Waals surface area contributed by atoms with Crippen LogP contribution in [0.3, 0.4) is 0 Å². The van der Waals surface area contributed by atoms with Crippen molar-refractivity contribution in [2.24, 2.45) is 5.41 Å². The van der Waals surface area contributed by atoms with Crippen LogP contribution in [0.25, 0.3) is 66.7 Å². The summed E-state index contributed by atoms with van der Waals surface area (Å²) in [5, 5.41) is 1.82. The second-order valence-electron chi connectivity index (χ2n) is 14.8. The van der Waals surface area contributed by atoms with Gasteiger partial charge in [-0.1, -0.05) is 122 Å². The molecule has 283 valence electrons. The molecule has 1 radical (unpaired) electrons. The smallest absolute Gasteiger partial charge is 0.120 e. The van der Waals surface area contributed by atoms with Crippen molar-refractivity contribution in [2.45, 2.75) is 72.8 Å². The number of fused-ring (bicyclic) bond motifs is 3. The Morgan fingerprint density at radius 3 is 2.25 bits per heavy atom. The van der Waals surface area contributed by atoms with Gasteiger partial charge in [0.15, 0.2) is 0 Å². The number of rotatable bonds is 5. The summed E-state index contributed by atoms with van der Waals surface area (Å²) in [6.45, 7) is -5.15. The Hall–Kier alpha value is -5.15. The van der Waals surface area contributed by atoms with Crippen LogP contribution in [-0.2, 0) is 20.1 Å². The molecule has 5 aromatic carbocycles. The number of aromatic nitrogens is 2. The number of hydrogen-bond donors (Lipinski definition) is 0. The largest absolute Gasteiger partial charge is 0.501 e. The maximum absolute atomic E-state index is 9.23. The molecular formula is C52H48IrN2O-2. The molecular weight excluding hydrogens is 861 g/mol. The molecule has 9 rings (SSSR count). The maximum Gasteiger partial charge on any atom is 0.120 e. The molecule has 8 aromatic rings. The third kappa shape index (κ3) is 8.19. The zero-order valence-corrected chi connectivity index (χ0v) is 33.5. The Morgan fingerprint density at radius 1 is 0.696 bits per heavy atom. The van der Waals surface area contributed by atoms with Crippen LogP contribution >= 0.6 is 0 Å². The van der Waals surface area contributed by atoms with Gasteiger partial charge in [0.2, 0.25) is 0 Å². The summed E-state index contributed by atoms with van der Waals surface area (Å²) in [7, 11) is 0. The second kappa shape index (κ2) is 16.5. The third-order valence-corrected chi connectivity index (χ3v) is 10.5. The van der Waals surface area contributed by atoms with Gasteiger partial charge in [0.05, 0.1) is 5.58 Å². The van der Waals surface area contributed by atoms with Crippen molar-refractivity contribution in [3.8, 4) is 44.8 Å². The number of nitrogens with zero attached hydrogens (tertiary/aromatic N) is 2. The second-order valence-corrected chi connectivity index (χ2v) is 14.8. The van der Waals surface area contributed by atoms with E-state index in [0.29, 0.717) is 63.2 Å². The van der Waals surface area contributed by atoms with Gasteiger partial charge in [0.1, 0.15) is 5.58 Å². The van der Waals surface area contributed by atoms with Crippen molar-refractivity contribution in [1.82, 2.24) is 9.97 Å². The van der Waals surface area contributed by atoms with Gasteiger partial charge in [-0.3, -0.25) is 0 Å².